The van der Waals surface area contributed by atoms with E-state index < -0.39 is 12.5 Å². The second-order valence-electron chi connectivity index (χ2n) is 6.08. The summed E-state index contributed by atoms with van der Waals surface area (Å²) in [4.78, 5) is 14.3. The molecule has 1 aliphatic rings. The Bertz CT molecular complexity index is 773. The first kappa shape index (κ1) is 18.1. The van der Waals surface area contributed by atoms with Gasteiger partial charge in [0.15, 0.2) is 5.69 Å². The lowest BCUT2D eigenvalue weighted by molar-refractivity contribution is -0.0553. The van der Waals surface area contributed by atoms with Crippen molar-refractivity contribution in [1.29, 1.82) is 0 Å². The van der Waals surface area contributed by atoms with Crippen molar-refractivity contribution >= 4 is 11.6 Å². The normalized spacial score (nSPS) is 15.3. The molecule has 0 aliphatic carbocycles. The second-order valence-corrected chi connectivity index (χ2v) is 6.08. The summed E-state index contributed by atoms with van der Waals surface area (Å²) in [5.41, 5.74) is 0.837. The number of nitrogens with one attached hydrogen (secondary N) is 1. The maximum Gasteiger partial charge on any atom is 0.388 e. The number of halogens is 3. The first-order valence-corrected chi connectivity index (χ1v) is 8.22. The summed E-state index contributed by atoms with van der Waals surface area (Å²) in [5.74, 6) is -0.894. The molecule has 1 N–H and O–H groups in total. The molecule has 0 atom stereocenters. The number of hydrogen-bond donors (Lipinski definition) is 1. The molecule has 140 valence electrons. The van der Waals surface area contributed by atoms with E-state index in [1.54, 1.807) is 6.07 Å². The quantitative estimate of drug-likeness (QED) is 0.881. The van der Waals surface area contributed by atoms with Crippen molar-refractivity contribution in [3.05, 3.63) is 41.8 Å². The predicted molar refractivity (Wildman–Crippen MR) is 88.9 cm³/mol. The fraction of sp³-hybridized carbons (Fsp3) is 0.412. The molecule has 0 radical (unpaired) electrons. The number of rotatable bonds is 5. The summed E-state index contributed by atoms with van der Waals surface area (Å²) in [7, 11) is 1.42. The number of aryl methyl sites for hydroxylation is 1. The Morgan fingerprint density at radius 3 is 2.69 bits per heavy atom. The highest BCUT2D eigenvalue weighted by atomic mass is 19.3. The van der Waals surface area contributed by atoms with Gasteiger partial charge in [0.25, 0.3) is 5.91 Å². The van der Waals surface area contributed by atoms with Crippen LogP contribution in [0.2, 0.25) is 0 Å². The van der Waals surface area contributed by atoms with Crippen LogP contribution < -0.4 is 15.0 Å². The van der Waals surface area contributed by atoms with Crippen molar-refractivity contribution in [3.8, 4) is 5.88 Å². The fourth-order valence-electron chi connectivity index (χ4n) is 2.98. The van der Waals surface area contributed by atoms with Crippen LogP contribution in [0.4, 0.5) is 18.9 Å². The number of amides is 1. The topological polar surface area (TPSA) is 59.4 Å². The van der Waals surface area contributed by atoms with Crippen molar-refractivity contribution in [2.45, 2.75) is 25.5 Å². The van der Waals surface area contributed by atoms with E-state index in [0.29, 0.717) is 25.9 Å². The number of ether oxygens (including phenoxy) is 1. The maximum absolute atomic E-state index is 13.3. The molecule has 6 nitrogen and oxygen atoms in total. The molecule has 1 aromatic carbocycles. The van der Waals surface area contributed by atoms with Crippen LogP contribution in [0.3, 0.4) is 0 Å². The van der Waals surface area contributed by atoms with E-state index in [4.69, 9.17) is 0 Å². The standard InChI is InChI=1S/C17H19F3N4O2/c1-23-15(26-17(19)20)10-14(22-23)16(25)21-12-5-7-24(8-6-12)13-4-2-3-11(18)9-13/h2-4,9-10,12,17H,5-8H2,1H3,(H,21,25). The zero-order valence-electron chi connectivity index (χ0n) is 14.2. The average molecular weight is 368 g/mol. The van der Waals surface area contributed by atoms with Gasteiger partial charge in [0, 0.05) is 37.9 Å². The third-order valence-corrected chi connectivity index (χ3v) is 4.28. The summed E-state index contributed by atoms with van der Waals surface area (Å²) in [6.07, 6.45) is 1.38. The molecule has 1 aliphatic heterocycles. The van der Waals surface area contributed by atoms with Crippen LogP contribution in [0.1, 0.15) is 23.3 Å². The Labute approximate surface area is 148 Å². The fourth-order valence-corrected chi connectivity index (χ4v) is 2.98. The zero-order chi connectivity index (χ0) is 18.7. The summed E-state index contributed by atoms with van der Waals surface area (Å²) in [6, 6.07) is 7.52. The number of piperidine rings is 1. The smallest absolute Gasteiger partial charge is 0.388 e. The molecule has 0 bridgehead atoms. The molecular formula is C17H19F3N4O2. The van der Waals surface area contributed by atoms with Crippen molar-refractivity contribution in [3.63, 3.8) is 0 Å². The van der Waals surface area contributed by atoms with E-state index >= 15 is 0 Å². The number of alkyl halides is 2. The van der Waals surface area contributed by atoms with Gasteiger partial charge in [-0.1, -0.05) is 6.07 Å². The van der Waals surface area contributed by atoms with Gasteiger partial charge in [-0.3, -0.25) is 4.79 Å². The monoisotopic (exact) mass is 368 g/mol. The summed E-state index contributed by atoms with van der Waals surface area (Å²) in [6.45, 7) is -1.62. The maximum atomic E-state index is 13.3. The van der Waals surface area contributed by atoms with Gasteiger partial charge in [0.05, 0.1) is 0 Å². The van der Waals surface area contributed by atoms with Crippen molar-refractivity contribution in [2.24, 2.45) is 7.05 Å². The SMILES string of the molecule is Cn1nc(C(=O)NC2CCN(c3cccc(F)c3)CC2)cc1OC(F)F. The van der Waals surface area contributed by atoms with Crippen LogP contribution >= 0.6 is 0 Å². The molecule has 1 saturated heterocycles. The van der Waals surface area contributed by atoms with E-state index in [2.05, 4.69) is 20.1 Å². The third-order valence-electron chi connectivity index (χ3n) is 4.28. The number of hydrogen-bond acceptors (Lipinski definition) is 4. The molecule has 2 heterocycles. The molecule has 26 heavy (non-hydrogen) atoms. The van der Waals surface area contributed by atoms with Crippen LogP contribution in [0.15, 0.2) is 30.3 Å². The first-order chi connectivity index (χ1) is 12.4. The summed E-state index contributed by atoms with van der Waals surface area (Å²) in [5, 5.41) is 6.75. The first-order valence-electron chi connectivity index (χ1n) is 8.22. The highest BCUT2D eigenvalue weighted by molar-refractivity contribution is 5.92. The lowest BCUT2D eigenvalue weighted by Gasteiger charge is -2.33. The van der Waals surface area contributed by atoms with Crippen LogP contribution in [0.5, 0.6) is 5.88 Å². The molecular weight excluding hydrogens is 349 g/mol. The molecule has 1 amide bonds. The molecule has 0 saturated carbocycles. The Morgan fingerprint density at radius 1 is 1.31 bits per heavy atom. The number of carbonyl (C=O) groups is 1. The van der Waals surface area contributed by atoms with Crippen molar-refractivity contribution in [2.75, 3.05) is 18.0 Å². The minimum Gasteiger partial charge on any atom is -0.417 e. The number of benzene rings is 1. The van der Waals surface area contributed by atoms with E-state index in [-0.39, 0.29) is 23.4 Å². The molecule has 1 fully saturated rings. The minimum atomic E-state index is -2.98. The number of carbonyl (C=O) groups excluding carboxylic acids is 1. The molecule has 0 spiro atoms. The van der Waals surface area contributed by atoms with Gasteiger partial charge in [-0.25, -0.2) is 9.07 Å². The molecule has 9 heteroatoms. The Hall–Kier alpha value is -2.71. The molecule has 3 rings (SSSR count). The Balaban J connectivity index is 1.55. The average Bonchev–Trinajstić information content (AvgIpc) is 2.96. The lowest BCUT2D eigenvalue weighted by Crippen LogP contribution is -2.44. The van der Waals surface area contributed by atoms with Crippen LogP contribution in [-0.2, 0) is 7.05 Å². The second kappa shape index (κ2) is 7.67. The van der Waals surface area contributed by atoms with E-state index in [9.17, 15) is 18.0 Å². The van der Waals surface area contributed by atoms with E-state index in [1.807, 2.05) is 6.07 Å². The number of aromatic nitrogens is 2. The van der Waals surface area contributed by atoms with Gasteiger partial charge >= 0.3 is 6.61 Å². The zero-order valence-corrected chi connectivity index (χ0v) is 14.2. The molecule has 0 unspecified atom stereocenters. The highest BCUT2D eigenvalue weighted by Gasteiger charge is 2.23. The van der Waals surface area contributed by atoms with Gasteiger partial charge in [0.1, 0.15) is 5.82 Å². The van der Waals surface area contributed by atoms with Crippen LogP contribution in [0, 0.1) is 5.82 Å². The van der Waals surface area contributed by atoms with Gasteiger partial charge in [-0.2, -0.15) is 13.9 Å². The van der Waals surface area contributed by atoms with Crippen molar-refractivity contribution < 1.29 is 22.7 Å². The summed E-state index contributed by atoms with van der Waals surface area (Å²) >= 11 is 0. The summed E-state index contributed by atoms with van der Waals surface area (Å²) < 4.78 is 43.3. The third kappa shape index (κ3) is 4.27. The van der Waals surface area contributed by atoms with Gasteiger partial charge in [0.2, 0.25) is 5.88 Å². The molecule has 1 aromatic heterocycles. The van der Waals surface area contributed by atoms with Gasteiger partial charge < -0.3 is 15.0 Å². The van der Waals surface area contributed by atoms with Crippen molar-refractivity contribution in [1.82, 2.24) is 15.1 Å². The van der Waals surface area contributed by atoms with Gasteiger partial charge in [-0.05, 0) is 31.0 Å². The Kier molecular flexibility index (Phi) is 5.34. The van der Waals surface area contributed by atoms with E-state index in [1.165, 1.54) is 25.2 Å². The highest BCUT2D eigenvalue weighted by Crippen LogP contribution is 2.21. The number of anilines is 1. The Morgan fingerprint density at radius 2 is 2.04 bits per heavy atom. The van der Waals surface area contributed by atoms with E-state index in [0.717, 1.165) is 10.4 Å². The lowest BCUT2D eigenvalue weighted by atomic mass is 10.0. The number of nitrogens with zero attached hydrogens (tertiary/aromatic N) is 3. The van der Waals surface area contributed by atoms with Crippen LogP contribution in [0.25, 0.3) is 0 Å². The minimum absolute atomic E-state index is 0.0238. The van der Waals surface area contributed by atoms with Crippen LogP contribution in [-0.4, -0.2) is 41.4 Å². The van der Waals surface area contributed by atoms with Gasteiger partial charge in [-0.15, -0.1) is 0 Å². The molecule has 2 aromatic rings. The predicted octanol–water partition coefficient (Wildman–Crippen LogP) is 2.56. The largest absolute Gasteiger partial charge is 0.417 e.